The fraction of sp³-hybridized carbons (Fsp3) is 0.357. The number of aromatic amines is 1. The van der Waals surface area contributed by atoms with Crippen LogP contribution >= 0.6 is 0 Å². The van der Waals surface area contributed by atoms with Crippen LogP contribution in [0.5, 0.6) is 5.75 Å². The molecule has 1 aromatic carbocycles. The monoisotopic (exact) mass is 307 g/mol. The van der Waals surface area contributed by atoms with E-state index in [2.05, 4.69) is 14.9 Å². The van der Waals surface area contributed by atoms with Gasteiger partial charge in [0.05, 0.1) is 22.5 Å². The largest absolute Gasteiger partial charge is 0.487 e. The molecule has 3 rings (SSSR count). The van der Waals surface area contributed by atoms with Gasteiger partial charge in [-0.25, -0.2) is 8.42 Å². The van der Waals surface area contributed by atoms with Gasteiger partial charge in [-0.05, 0) is 44.5 Å². The molecule has 1 aliphatic heterocycles. The third-order valence-electron chi connectivity index (χ3n) is 3.42. The highest BCUT2D eigenvalue weighted by atomic mass is 32.2. The molecule has 7 heteroatoms. The summed E-state index contributed by atoms with van der Waals surface area (Å²) in [5.74, 6) is 0.749. The smallest absolute Gasteiger partial charge is 0.262 e. The number of sulfonamides is 1. The van der Waals surface area contributed by atoms with Crippen LogP contribution in [0.25, 0.3) is 0 Å². The molecule has 0 fully saturated rings. The Bertz CT molecular complexity index is 794. The summed E-state index contributed by atoms with van der Waals surface area (Å²) < 4.78 is 33.1. The lowest BCUT2D eigenvalue weighted by Gasteiger charge is -2.16. The van der Waals surface area contributed by atoms with Gasteiger partial charge in [0, 0.05) is 6.42 Å². The van der Waals surface area contributed by atoms with Gasteiger partial charge in [-0.15, -0.1) is 0 Å². The number of ether oxygens (including phenoxy) is 1. The van der Waals surface area contributed by atoms with E-state index in [1.807, 2.05) is 13.8 Å². The van der Waals surface area contributed by atoms with Crippen molar-refractivity contribution in [3.05, 3.63) is 35.7 Å². The summed E-state index contributed by atoms with van der Waals surface area (Å²) in [6.45, 7) is 5.71. The van der Waals surface area contributed by atoms with Crippen LogP contribution in [-0.2, 0) is 16.4 Å². The van der Waals surface area contributed by atoms with Crippen LogP contribution in [0, 0.1) is 6.92 Å². The van der Waals surface area contributed by atoms with E-state index in [1.165, 1.54) is 6.20 Å². The molecule has 112 valence electrons. The summed E-state index contributed by atoms with van der Waals surface area (Å²) in [4.78, 5) is 0.225. The van der Waals surface area contributed by atoms with Crippen molar-refractivity contribution in [2.45, 2.75) is 37.7 Å². The highest BCUT2D eigenvalue weighted by molar-refractivity contribution is 7.92. The first-order valence-corrected chi connectivity index (χ1v) is 8.10. The standard InChI is InChI=1S/C14H17N3O3S/c1-9-12(8-15-16-9)17-21(18,19)11-4-5-13-10(6-11)7-14(2,3)20-13/h4-6,8,17H,7H2,1-3H3,(H,15,16). The molecule has 0 amide bonds. The number of rotatable bonds is 3. The fourth-order valence-electron chi connectivity index (χ4n) is 2.41. The fourth-order valence-corrected chi connectivity index (χ4v) is 3.57. The molecule has 1 aliphatic rings. The highest BCUT2D eigenvalue weighted by Gasteiger charge is 2.31. The van der Waals surface area contributed by atoms with Crippen LogP contribution < -0.4 is 9.46 Å². The van der Waals surface area contributed by atoms with Crippen molar-refractivity contribution in [2.75, 3.05) is 4.72 Å². The van der Waals surface area contributed by atoms with E-state index in [-0.39, 0.29) is 10.5 Å². The van der Waals surface area contributed by atoms with Gasteiger partial charge in [-0.3, -0.25) is 9.82 Å². The number of fused-ring (bicyclic) bond motifs is 1. The first kappa shape index (κ1) is 13.9. The number of aromatic nitrogens is 2. The minimum atomic E-state index is -3.63. The van der Waals surface area contributed by atoms with Crippen LogP contribution in [0.2, 0.25) is 0 Å². The maximum atomic E-state index is 12.4. The molecule has 0 saturated heterocycles. The Hall–Kier alpha value is -2.02. The first-order chi connectivity index (χ1) is 9.77. The van der Waals surface area contributed by atoms with Gasteiger partial charge in [0.15, 0.2) is 0 Å². The van der Waals surface area contributed by atoms with Crippen molar-refractivity contribution in [3.8, 4) is 5.75 Å². The summed E-state index contributed by atoms with van der Waals surface area (Å²) in [6, 6.07) is 4.93. The first-order valence-electron chi connectivity index (χ1n) is 6.62. The van der Waals surface area contributed by atoms with E-state index in [0.717, 1.165) is 11.3 Å². The third kappa shape index (κ3) is 2.61. The van der Waals surface area contributed by atoms with Crippen molar-refractivity contribution in [1.29, 1.82) is 0 Å². The van der Waals surface area contributed by atoms with Gasteiger partial charge < -0.3 is 4.74 Å². The Morgan fingerprint density at radius 2 is 2.14 bits per heavy atom. The minimum absolute atomic E-state index is 0.225. The number of benzene rings is 1. The molecule has 2 aromatic rings. The molecular weight excluding hydrogens is 290 g/mol. The lowest BCUT2D eigenvalue weighted by molar-refractivity contribution is 0.138. The third-order valence-corrected chi connectivity index (χ3v) is 4.78. The molecule has 0 bridgehead atoms. The molecule has 0 atom stereocenters. The predicted octanol–water partition coefficient (Wildman–Crippen LogP) is 2.23. The van der Waals surface area contributed by atoms with Crippen LogP contribution in [0.15, 0.2) is 29.3 Å². The average molecular weight is 307 g/mol. The highest BCUT2D eigenvalue weighted by Crippen LogP contribution is 2.36. The Kier molecular flexibility index (Phi) is 2.98. The predicted molar refractivity (Wildman–Crippen MR) is 79.0 cm³/mol. The van der Waals surface area contributed by atoms with E-state index in [0.29, 0.717) is 17.8 Å². The van der Waals surface area contributed by atoms with Crippen molar-refractivity contribution in [2.24, 2.45) is 0 Å². The molecular formula is C14H17N3O3S. The molecule has 0 unspecified atom stereocenters. The van der Waals surface area contributed by atoms with Crippen molar-refractivity contribution >= 4 is 15.7 Å². The molecule has 1 aromatic heterocycles. The van der Waals surface area contributed by atoms with Crippen LogP contribution in [0.1, 0.15) is 25.1 Å². The number of hydrogen-bond donors (Lipinski definition) is 2. The molecule has 2 heterocycles. The van der Waals surface area contributed by atoms with Gasteiger partial charge >= 0.3 is 0 Å². The van der Waals surface area contributed by atoms with Gasteiger partial charge in [0.25, 0.3) is 10.0 Å². The number of H-pyrrole nitrogens is 1. The Labute approximate surface area is 123 Å². The number of nitrogens with zero attached hydrogens (tertiary/aromatic N) is 1. The lowest BCUT2D eigenvalue weighted by atomic mass is 10.0. The summed E-state index contributed by atoms with van der Waals surface area (Å²) in [7, 11) is -3.63. The normalized spacial score (nSPS) is 16.3. The van der Waals surface area contributed by atoms with E-state index in [9.17, 15) is 8.42 Å². The number of nitrogens with one attached hydrogen (secondary N) is 2. The zero-order valence-electron chi connectivity index (χ0n) is 12.1. The average Bonchev–Trinajstić information content (AvgIpc) is 2.89. The number of aryl methyl sites for hydroxylation is 1. The molecule has 0 spiro atoms. The maximum Gasteiger partial charge on any atom is 0.262 e. The van der Waals surface area contributed by atoms with E-state index in [4.69, 9.17) is 4.74 Å². The quantitative estimate of drug-likeness (QED) is 0.910. The van der Waals surface area contributed by atoms with Crippen LogP contribution in [0.3, 0.4) is 0 Å². The van der Waals surface area contributed by atoms with E-state index in [1.54, 1.807) is 25.1 Å². The minimum Gasteiger partial charge on any atom is -0.487 e. The number of anilines is 1. The Balaban J connectivity index is 1.93. The van der Waals surface area contributed by atoms with E-state index < -0.39 is 10.0 Å². The zero-order valence-corrected chi connectivity index (χ0v) is 12.9. The lowest BCUT2D eigenvalue weighted by Crippen LogP contribution is -2.24. The number of hydrogen-bond acceptors (Lipinski definition) is 4. The summed E-state index contributed by atoms with van der Waals surface area (Å²) in [5.41, 5.74) is 1.74. The van der Waals surface area contributed by atoms with Gasteiger partial charge in [0.1, 0.15) is 11.4 Å². The zero-order chi connectivity index (χ0) is 15.3. The summed E-state index contributed by atoms with van der Waals surface area (Å²) >= 11 is 0. The van der Waals surface area contributed by atoms with E-state index >= 15 is 0 Å². The SMILES string of the molecule is Cc1[nH]ncc1NS(=O)(=O)c1ccc2c(c1)CC(C)(C)O2. The van der Waals surface area contributed by atoms with Gasteiger partial charge in [-0.1, -0.05) is 0 Å². The topological polar surface area (TPSA) is 84.1 Å². The maximum absolute atomic E-state index is 12.4. The van der Waals surface area contributed by atoms with Gasteiger partial charge in [-0.2, -0.15) is 5.10 Å². The van der Waals surface area contributed by atoms with Crippen molar-refractivity contribution < 1.29 is 13.2 Å². The molecule has 21 heavy (non-hydrogen) atoms. The Morgan fingerprint density at radius 3 is 2.81 bits per heavy atom. The Morgan fingerprint density at radius 1 is 1.38 bits per heavy atom. The van der Waals surface area contributed by atoms with Crippen LogP contribution in [0.4, 0.5) is 5.69 Å². The van der Waals surface area contributed by atoms with Crippen molar-refractivity contribution in [1.82, 2.24) is 10.2 Å². The molecule has 0 radical (unpaired) electrons. The molecule has 0 saturated carbocycles. The van der Waals surface area contributed by atoms with Gasteiger partial charge in [0.2, 0.25) is 0 Å². The summed E-state index contributed by atoms with van der Waals surface area (Å²) in [5, 5.41) is 6.50. The molecule has 6 nitrogen and oxygen atoms in total. The second-order valence-corrected chi connectivity index (χ2v) is 7.50. The second-order valence-electron chi connectivity index (χ2n) is 5.82. The molecule has 2 N–H and O–H groups in total. The summed E-state index contributed by atoms with van der Waals surface area (Å²) in [6.07, 6.45) is 2.14. The second kappa shape index (κ2) is 4.49. The van der Waals surface area contributed by atoms with Crippen LogP contribution in [-0.4, -0.2) is 24.2 Å². The van der Waals surface area contributed by atoms with Crippen molar-refractivity contribution in [3.63, 3.8) is 0 Å². The molecule has 0 aliphatic carbocycles.